The van der Waals surface area contributed by atoms with Gasteiger partial charge in [0.15, 0.2) is 0 Å². The van der Waals surface area contributed by atoms with Crippen molar-refractivity contribution >= 4 is 27.0 Å². The van der Waals surface area contributed by atoms with E-state index in [1.54, 1.807) is 6.07 Å². The molecule has 7 atom stereocenters. The third-order valence-corrected chi connectivity index (χ3v) is 10.4. The molecule has 39 heavy (non-hydrogen) atoms. The predicted octanol–water partition coefficient (Wildman–Crippen LogP) is 5.38. The molecule has 0 amide bonds. The Morgan fingerprint density at radius 2 is 1.95 bits per heavy atom. The van der Waals surface area contributed by atoms with Crippen LogP contribution in [0.25, 0.3) is 10.8 Å². The van der Waals surface area contributed by atoms with E-state index in [-0.39, 0.29) is 23.7 Å². The van der Waals surface area contributed by atoms with Crippen LogP contribution in [0.1, 0.15) is 63.7 Å². The number of carbonyl (C=O) groups excluding carboxylic acids is 1. The number of aromatic nitrogens is 2. The zero-order valence-corrected chi connectivity index (χ0v) is 23.6. The molecule has 1 saturated carbocycles. The number of hydrogen-bond donors (Lipinski definition) is 0. The van der Waals surface area contributed by atoms with Gasteiger partial charge in [0, 0.05) is 24.7 Å². The van der Waals surface area contributed by atoms with E-state index in [1.165, 1.54) is 18.7 Å². The molecule has 8 nitrogen and oxygen atoms in total. The summed E-state index contributed by atoms with van der Waals surface area (Å²) >= 11 is 0. The molecule has 6 rings (SSSR count). The maximum absolute atomic E-state index is 13.7. The quantitative estimate of drug-likeness (QED) is 0.363. The molecule has 3 aromatic rings. The summed E-state index contributed by atoms with van der Waals surface area (Å²) in [6.07, 6.45) is 5.51. The zero-order chi connectivity index (χ0) is 27.6. The van der Waals surface area contributed by atoms with Crippen molar-refractivity contribution in [2.24, 2.45) is 23.7 Å². The molecule has 0 spiro atoms. The molecule has 3 fully saturated rings. The normalized spacial score (nSPS) is 33.9. The second-order valence-electron chi connectivity index (χ2n) is 12.2. The van der Waals surface area contributed by atoms with Crippen LogP contribution in [0, 0.1) is 23.7 Å². The van der Waals surface area contributed by atoms with E-state index in [0.29, 0.717) is 24.3 Å². The van der Waals surface area contributed by atoms with Gasteiger partial charge in [0.2, 0.25) is 0 Å². The largest absolute Gasteiger partial charge is 0.455 e. The molecule has 2 saturated heterocycles. The molecule has 0 N–H and O–H groups in total. The minimum Gasteiger partial charge on any atom is -0.455 e. The first-order chi connectivity index (χ1) is 18.5. The summed E-state index contributed by atoms with van der Waals surface area (Å²) in [6, 6.07) is 13.5. The molecular weight excluding hydrogens is 516 g/mol. The Kier molecular flexibility index (Phi) is 6.39. The predicted molar refractivity (Wildman–Crippen MR) is 146 cm³/mol. The summed E-state index contributed by atoms with van der Waals surface area (Å²) in [6.45, 7) is 8.41. The molecule has 9 heteroatoms. The van der Waals surface area contributed by atoms with Gasteiger partial charge in [-0.3, -0.25) is 0 Å². The highest BCUT2D eigenvalue weighted by Gasteiger charge is 2.71. The third-order valence-electron chi connectivity index (χ3n) is 9.20. The highest BCUT2D eigenvalue weighted by Crippen LogP contribution is 2.63. The molecule has 2 aromatic carbocycles. The van der Waals surface area contributed by atoms with Gasteiger partial charge in [-0.15, -0.1) is 0 Å². The van der Waals surface area contributed by atoms with Crippen molar-refractivity contribution in [3.63, 3.8) is 0 Å². The molecule has 0 radical (unpaired) electrons. The lowest BCUT2D eigenvalue weighted by Crippen LogP contribution is -2.61. The average Bonchev–Trinajstić information content (AvgIpc) is 3.61. The fourth-order valence-electron chi connectivity index (χ4n) is 7.63. The summed E-state index contributed by atoms with van der Waals surface area (Å²) in [5.41, 5.74) is -1.19. The monoisotopic (exact) mass is 552 g/mol. The summed E-state index contributed by atoms with van der Waals surface area (Å²) in [5, 5.41) is 2.03. The van der Waals surface area contributed by atoms with Gasteiger partial charge in [-0.2, -0.15) is 8.42 Å². The molecule has 1 aromatic heterocycles. The van der Waals surface area contributed by atoms with Crippen LogP contribution in [0.2, 0.25) is 0 Å². The lowest BCUT2D eigenvalue weighted by atomic mass is 9.70. The Morgan fingerprint density at radius 1 is 1.18 bits per heavy atom. The molecule has 2 aliphatic heterocycles. The van der Waals surface area contributed by atoms with E-state index in [2.05, 4.69) is 25.8 Å². The van der Waals surface area contributed by atoms with Gasteiger partial charge in [0.05, 0.1) is 11.2 Å². The Hall–Kier alpha value is -2.75. The van der Waals surface area contributed by atoms with Crippen LogP contribution in [-0.4, -0.2) is 46.8 Å². The van der Waals surface area contributed by atoms with E-state index in [4.69, 9.17) is 13.7 Å². The first kappa shape index (κ1) is 26.5. The maximum Gasteiger partial charge on any atom is 0.367 e. The van der Waals surface area contributed by atoms with Gasteiger partial charge in [-0.1, -0.05) is 51.1 Å². The SMILES string of the molecule is CC(C)CC12CC(OS(=O)(=O)n3ccnc3)C(C)(O1)C1CCC(C)C1C2OC(=O)c1ccc2ccccc2c1. The minimum atomic E-state index is -4.11. The smallest absolute Gasteiger partial charge is 0.367 e. The summed E-state index contributed by atoms with van der Waals surface area (Å²) in [5.74, 6) is 0.176. The Morgan fingerprint density at radius 3 is 2.67 bits per heavy atom. The van der Waals surface area contributed by atoms with Crippen molar-refractivity contribution in [2.45, 2.75) is 76.8 Å². The van der Waals surface area contributed by atoms with E-state index < -0.39 is 33.7 Å². The van der Waals surface area contributed by atoms with Crippen LogP contribution < -0.4 is 0 Å². The topological polar surface area (TPSA) is 96.7 Å². The Balaban J connectivity index is 1.38. The number of esters is 1. The first-order valence-corrected chi connectivity index (χ1v) is 15.2. The van der Waals surface area contributed by atoms with E-state index >= 15 is 0 Å². The third kappa shape index (κ3) is 4.39. The van der Waals surface area contributed by atoms with Crippen molar-refractivity contribution in [2.75, 3.05) is 0 Å². The molecule has 7 unspecified atom stereocenters. The zero-order valence-electron chi connectivity index (χ0n) is 22.8. The van der Waals surface area contributed by atoms with Crippen molar-refractivity contribution in [3.8, 4) is 0 Å². The van der Waals surface area contributed by atoms with Gasteiger partial charge < -0.3 is 9.47 Å². The first-order valence-electron chi connectivity index (χ1n) is 13.8. The number of nitrogens with zero attached hydrogens (tertiary/aromatic N) is 2. The van der Waals surface area contributed by atoms with Gasteiger partial charge in [-0.25, -0.2) is 17.9 Å². The highest BCUT2D eigenvalue weighted by molar-refractivity contribution is 7.85. The van der Waals surface area contributed by atoms with Crippen LogP contribution in [-0.2, 0) is 24.0 Å². The molecule has 3 aliphatic rings. The lowest BCUT2D eigenvalue weighted by Gasteiger charge is -2.52. The lowest BCUT2D eigenvalue weighted by molar-refractivity contribution is -0.247. The van der Waals surface area contributed by atoms with Gasteiger partial charge in [0.1, 0.15) is 24.1 Å². The summed E-state index contributed by atoms with van der Waals surface area (Å²) in [7, 11) is -4.11. The molecule has 208 valence electrons. The summed E-state index contributed by atoms with van der Waals surface area (Å²) in [4.78, 5) is 17.6. The van der Waals surface area contributed by atoms with Crippen LogP contribution >= 0.6 is 0 Å². The standard InChI is InChI=1S/C30H36N2O6S/c1-19(2)16-30-17-25(37-39(34,35)32-14-13-31-18-32)29(4,38-30)24-12-9-20(3)26(24)27(30)36-28(33)23-11-10-21-7-5-6-8-22(21)15-23/h5-8,10-11,13-15,18-20,24-27H,9,12,16-17H2,1-4H3. The highest BCUT2D eigenvalue weighted by atomic mass is 32.2. The van der Waals surface area contributed by atoms with Crippen LogP contribution in [0.5, 0.6) is 0 Å². The number of rotatable bonds is 7. The molecule has 2 bridgehead atoms. The second kappa shape index (κ2) is 9.42. The maximum atomic E-state index is 13.7. The number of imidazole rings is 1. The Labute approximate surface area is 229 Å². The fourth-order valence-corrected chi connectivity index (χ4v) is 8.65. The molecule has 3 heterocycles. The number of benzene rings is 2. The van der Waals surface area contributed by atoms with Gasteiger partial charge in [-0.05, 0) is 66.8 Å². The van der Waals surface area contributed by atoms with Crippen LogP contribution in [0.3, 0.4) is 0 Å². The van der Waals surface area contributed by atoms with E-state index in [0.717, 1.165) is 27.6 Å². The van der Waals surface area contributed by atoms with Crippen molar-refractivity contribution < 1.29 is 26.9 Å². The van der Waals surface area contributed by atoms with Gasteiger partial charge >= 0.3 is 16.3 Å². The van der Waals surface area contributed by atoms with Crippen molar-refractivity contribution in [3.05, 3.63) is 66.7 Å². The number of hydrogen-bond acceptors (Lipinski definition) is 7. The number of carbonyl (C=O) groups is 1. The second-order valence-corrected chi connectivity index (χ2v) is 13.7. The number of fused-ring (bicyclic) bond motifs is 5. The molecular formula is C30H36N2O6S. The van der Waals surface area contributed by atoms with Crippen molar-refractivity contribution in [1.82, 2.24) is 8.96 Å². The van der Waals surface area contributed by atoms with Gasteiger partial charge in [0.25, 0.3) is 0 Å². The number of ether oxygens (including phenoxy) is 2. The molecule has 1 aliphatic carbocycles. The Bertz CT molecular complexity index is 1490. The minimum absolute atomic E-state index is 0.00678. The van der Waals surface area contributed by atoms with Crippen molar-refractivity contribution in [1.29, 1.82) is 0 Å². The van der Waals surface area contributed by atoms with Crippen LogP contribution in [0.4, 0.5) is 0 Å². The van der Waals surface area contributed by atoms with E-state index in [9.17, 15) is 13.2 Å². The fraction of sp³-hybridized carbons (Fsp3) is 0.533. The summed E-state index contributed by atoms with van der Waals surface area (Å²) < 4.78 is 46.7. The van der Waals surface area contributed by atoms with E-state index in [1.807, 2.05) is 43.3 Å². The van der Waals surface area contributed by atoms with Crippen LogP contribution in [0.15, 0.2) is 61.2 Å². The average molecular weight is 553 g/mol.